The predicted octanol–water partition coefficient (Wildman–Crippen LogP) is 1.76. The van der Waals surface area contributed by atoms with Gasteiger partial charge in [0, 0.05) is 19.1 Å². The summed E-state index contributed by atoms with van der Waals surface area (Å²) in [6.45, 7) is 4.15. The maximum absolute atomic E-state index is 9.10. The Morgan fingerprint density at radius 3 is 3.11 bits per heavy atom. The standard InChI is InChI=1S/C13H23N3O2/c1-2-5-12-14-13(18-15-12)10-16-8-4-3-6-11(16)7-9-17/h11,17H,2-10H2,1H3. The van der Waals surface area contributed by atoms with E-state index in [1.165, 1.54) is 12.8 Å². The maximum atomic E-state index is 9.10. The van der Waals surface area contributed by atoms with Crippen molar-refractivity contribution in [2.24, 2.45) is 0 Å². The molecule has 0 aliphatic carbocycles. The fourth-order valence-electron chi connectivity index (χ4n) is 2.60. The third-order valence-electron chi connectivity index (χ3n) is 3.53. The van der Waals surface area contributed by atoms with E-state index in [9.17, 15) is 0 Å². The van der Waals surface area contributed by atoms with Gasteiger partial charge in [-0.25, -0.2) is 0 Å². The van der Waals surface area contributed by atoms with E-state index in [2.05, 4.69) is 22.0 Å². The number of hydrogen-bond donors (Lipinski definition) is 1. The van der Waals surface area contributed by atoms with Crippen LogP contribution in [0.5, 0.6) is 0 Å². The first-order valence-corrected chi connectivity index (χ1v) is 7.00. The van der Waals surface area contributed by atoms with Crippen molar-refractivity contribution in [1.82, 2.24) is 15.0 Å². The van der Waals surface area contributed by atoms with Crippen LogP contribution in [0.1, 0.15) is 50.7 Å². The Kier molecular flexibility index (Phi) is 5.13. The topological polar surface area (TPSA) is 62.4 Å². The third-order valence-corrected chi connectivity index (χ3v) is 3.53. The Balaban J connectivity index is 1.92. The lowest BCUT2D eigenvalue weighted by atomic mass is 10.00. The van der Waals surface area contributed by atoms with Crippen molar-refractivity contribution in [3.63, 3.8) is 0 Å². The summed E-state index contributed by atoms with van der Waals surface area (Å²) in [4.78, 5) is 6.77. The zero-order valence-electron chi connectivity index (χ0n) is 11.1. The van der Waals surface area contributed by atoms with Crippen molar-refractivity contribution in [1.29, 1.82) is 0 Å². The lowest BCUT2D eigenvalue weighted by Gasteiger charge is -2.34. The fourth-order valence-corrected chi connectivity index (χ4v) is 2.60. The van der Waals surface area contributed by atoms with Gasteiger partial charge in [-0.05, 0) is 32.2 Å². The normalized spacial score (nSPS) is 21.3. The van der Waals surface area contributed by atoms with Crippen LogP contribution >= 0.6 is 0 Å². The van der Waals surface area contributed by atoms with E-state index in [0.717, 1.165) is 44.6 Å². The van der Waals surface area contributed by atoms with Gasteiger partial charge in [-0.2, -0.15) is 4.98 Å². The summed E-state index contributed by atoms with van der Waals surface area (Å²) in [6, 6.07) is 0.463. The summed E-state index contributed by atoms with van der Waals surface area (Å²) >= 11 is 0. The summed E-state index contributed by atoms with van der Waals surface area (Å²) in [5.74, 6) is 1.52. The number of rotatable bonds is 6. The largest absolute Gasteiger partial charge is 0.396 e. The van der Waals surface area contributed by atoms with Crippen LogP contribution in [0.2, 0.25) is 0 Å². The highest BCUT2D eigenvalue weighted by Gasteiger charge is 2.23. The summed E-state index contributed by atoms with van der Waals surface area (Å²) in [7, 11) is 0. The maximum Gasteiger partial charge on any atom is 0.240 e. The van der Waals surface area contributed by atoms with Gasteiger partial charge in [-0.1, -0.05) is 18.5 Å². The van der Waals surface area contributed by atoms with Crippen molar-refractivity contribution in [2.75, 3.05) is 13.2 Å². The quantitative estimate of drug-likeness (QED) is 0.837. The molecule has 0 radical (unpaired) electrons. The molecule has 0 bridgehead atoms. The molecule has 1 aromatic heterocycles. The Labute approximate surface area is 108 Å². The zero-order chi connectivity index (χ0) is 12.8. The average Bonchev–Trinajstić information content (AvgIpc) is 2.80. The molecule has 102 valence electrons. The number of piperidine rings is 1. The van der Waals surface area contributed by atoms with Gasteiger partial charge in [0.1, 0.15) is 0 Å². The van der Waals surface area contributed by atoms with Crippen molar-refractivity contribution in [3.8, 4) is 0 Å². The number of likely N-dealkylation sites (tertiary alicyclic amines) is 1. The average molecular weight is 253 g/mol. The third kappa shape index (κ3) is 3.53. The van der Waals surface area contributed by atoms with Gasteiger partial charge in [0.2, 0.25) is 5.89 Å². The Bertz CT molecular complexity index is 352. The molecule has 0 amide bonds. The first-order chi connectivity index (χ1) is 8.83. The first kappa shape index (κ1) is 13.5. The highest BCUT2D eigenvalue weighted by Crippen LogP contribution is 2.21. The number of nitrogens with zero attached hydrogens (tertiary/aromatic N) is 3. The van der Waals surface area contributed by atoms with E-state index < -0.39 is 0 Å². The van der Waals surface area contributed by atoms with Gasteiger partial charge in [0.05, 0.1) is 6.54 Å². The van der Waals surface area contributed by atoms with E-state index >= 15 is 0 Å². The van der Waals surface area contributed by atoms with Crippen LogP contribution in [0.3, 0.4) is 0 Å². The fraction of sp³-hybridized carbons (Fsp3) is 0.846. The van der Waals surface area contributed by atoms with Crippen molar-refractivity contribution < 1.29 is 9.63 Å². The molecule has 0 aromatic carbocycles. The molecular weight excluding hydrogens is 230 g/mol. The van der Waals surface area contributed by atoms with Gasteiger partial charge < -0.3 is 9.63 Å². The molecule has 0 saturated carbocycles. The second-order valence-electron chi connectivity index (χ2n) is 4.99. The van der Waals surface area contributed by atoms with E-state index in [1.807, 2.05) is 0 Å². The SMILES string of the molecule is CCCc1noc(CN2CCCCC2CCO)n1. The minimum absolute atomic E-state index is 0.256. The summed E-state index contributed by atoms with van der Waals surface area (Å²) < 4.78 is 5.28. The summed E-state index contributed by atoms with van der Waals surface area (Å²) in [5, 5.41) is 13.1. The van der Waals surface area contributed by atoms with Gasteiger partial charge >= 0.3 is 0 Å². The molecule has 1 fully saturated rings. The highest BCUT2D eigenvalue weighted by atomic mass is 16.5. The molecule has 1 aliphatic heterocycles. The van der Waals surface area contributed by atoms with Gasteiger partial charge in [-0.15, -0.1) is 0 Å². The summed E-state index contributed by atoms with van der Waals surface area (Å²) in [5.41, 5.74) is 0. The van der Waals surface area contributed by atoms with Crippen molar-refractivity contribution >= 4 is 0 Å². The molecule has 5 heteroatoms. The van der Waals surface area contributed by atoms with E-state index in [0.29, 0.717) is 11.9 Å². The monoisotopic (exact) mass is 253 g/mol. The van der Waals surface area contributed by atoms with E-state index in [-0.39, 0.29) is 6.61 Å². The van der Waals surface area contributed by atoms with Crippen LogP contribution in [0.4, 0.5) is 0 Å². The predicted molar refractivity (Wildman–Crippen MR) is 68.0 cm³/mol. The van der Waals surface area contributed by atoms with E-state index in [1.54, 1.807) is 0 Å². The van der Waals surface area contributed by atoms with E-state index in [4.69, 9.17) is 9.63 Å². The molecule has 0 spiro atoms. The smallest absolute Gasteiger partial charge is 0.240 e. The molecular formula is C13H23N3O2. The lowest BCUT2D eigenvalue weighted by molar-refractivity contribution is 0.100. The van der Waals surface area contributed by atoms with Gasteiger partial charge in [0.15, 0.2) is 5.82 Å². The first-order valence-electron chi connectivity index (χ1n) is 7.00. The van der Waals surface area contributed by atoms with Crippen LogP contribution in [-0.4, -0.2) is 39.3 Å². The molecule has 5 nitrogen and oxygen atoms in total. The van der Waals surface area contributed by atoms with Gasteiger partial charge in [0.25, 0.3) is 0 Å². The van der Waals surface area contributed by atoms with Crippen LogP contribution in [0, 0.1) is 0 Å². The Morgan fingerprint density at radius 2 is 2.33 bits per heavy atom. The Hall–Kier alpha value is -0.940. The number of aromatic nitrogens is 2. The van der Waals surface area contributed by atoms with Crippen molar-refractivity contribution in [3.05, 3.63) is 11.7 Å². The summed E-state index contributed by atoms with van der Waals surface area (Å²) in [6.07, 6.45) is 6.40. The number of aliphatic hydroxyl groups excluding tert-OH is 1. The molecule has 2 heterocycles. The van der Waals surface area contributed by atoms with Crippen LogP contribution in [-0.2, 0) is 13.0 Å². The minimum Gasteiger partial charge on any atom is -0.396 e. The lowest BCUT2D eigenvalue weighted by Crippen LogP contribution is -2.39. The number of hydrogen-bond acceptors (Lipinski definition) is 5. The van der Waals surface area contributed by atoms with Crippen LogP contribution in [0.15, 0.2) is 4.52 Å². The van der Waals surface area contributed by atoms with Crippen molar-refractivity contribution in [2.45, 2.75) is 58.0 Å². The molecule has 1 saturated heterocycles. The molecule has 1 atom stereocenters. The molecule has 1 N–H and O–H groups in total. The highest BCUT2D eigenvalue weighted by molar-refractivity contribution is 4.88. The van der Waals surface area contributed by atoms with Crippen LogP contribution < -0.4 is 0 Å². The van der Waals surface area contributed by atoms with Crippen LogP contribution in [0.25, 0.3) is 0 Å². The molecule has 2 rings (SSSR count). The zero-order valence-corrected chi connectivity index (χ0v) is 11.1. The van der Waals surface area contributed by atoms with Gasteiger partial charge in [-0.3, -0.25) is 4.90 Å². The second-order valence-corrected chi connectivity index (χ2v) is 4.99. The molecule has 1 unspecified atom stereocenters. The minimum atomic E-state index is 0.256. The molecule has 1 aliphatic rings. The molecule has 18 heavy (non-hydrogen) atoms. The number of aliphatic hydroxyl groups is 1. The molecule has 1 aromatic rings. The number of aryl methyl sites for hydroxylation is 1. The Morgan fingerprint density at radius 1 is 1.44 bits per heavy atom. The second kappa shape index (κ2) is 6.85.